The molecule has 8 heteroatoms. The van der Waals surface area contributed by atoms with E-state index in [4.69, 9.17) is 5.10 Å². The Morgan fingerprint density at radius 2 is 1.68 bits per heavy atom. The fourth-order valence-electron chi connectivity index (χ4n) is 3.78. The number of aromatic nitrogens is 2. The van der Waals surface area contributed by atoms with Gasteiger partial charge in [-0.25, -0.2) is 13.1 Å². The molecule has 156 valence electrons. The van der Waals surface area contributed by atoms with Crippen molar-refractivity contribution < 1.29 is 8.42 Å². The van der Waals surface area contributed by atoms with E-state index in [0.29, 0.717) is 6.42 Å². The van der Waals surface area contributed by atoms with Crippen LogP contribution in [0, 0.1) is 0 Å². The second-order valence-electron chi connectivity index (χ2n) is 7.36. The highest BCUT2D eigenvalue weighted by atomic mass is 32.2. The first-order valence-corrected chi connectivity index (χ1v) is 12.5. The normalized spacial score (nSPS) is 16.5. The molecule has 0 N–H and O–H groups in total. The van der Waals surface area contributed by atoms with Crippen molar-refractivity contribution in [1.82, 2.24) is 14.2 Å². The Labute approximate surface area is 185 Å². The monoisotopic (exact) mass is 448 g/mol. The van der Waals surface area contributed by atoms with E-state index in [9.17, 15) is 8.42 Å². The van der Waals surface area contributed by atoms with Crippen LogP contribution in [-0.4, -0.2) is 34.6 Å². The van der Waals surface area contributed by atoms with Gasteiger partial charge >= 0.3 is 0 Å². The first kappa shape index (κ1) is 19.7. The molecule has 31 heavy (non-hydrogen) atoms. The van der Waals surface area contributed by atoms with Gasteiger partial charge in [-0.1, -0.05) is 54.6 Å². The first-order valence-electron chi connectivity index (χ1n) is 9.82. The number of rotatable bonds is 5. The molecule has 2 aromatic carbocycles. The van der Waals surface area contributed by atoms with Crippen molar-refractivity contribution in [2.45, 2.75) is 12.5 Å². The highest BCUT2D eigenvalue weighted by molar-refractivity contribution is 7.88. The molecule has 0 bridgehead atoms. The predicted octanol–water partition coefficient (Wildman–Crippen LogP) is 4.71. The molecule has 0 radical (unpaired) electrons. The Balaban J connectivity index is 1.64. The van der Waals surface area contributed by atoms with Crippen LogP contribution in [0.2, 0.25) is 0 Å². The third kappa shape index (κ3) is 3.80. The molecule has 1 atom stereocenters. The van der Waals surface area contributed by atoms with Crippen molar-refractivity contribution >= 4 is 27.1 Å². The summed E-state index contributed by atoms with van der Waals surface area (Å²) in [6.07, 6.45) is 3.61. The molecule has 1 aliphatic heterocycles. The van der Waals surface area contributed by atoms with Crippen LogP contribution < -0.4 is 0 Å². The summed E-state index contributed by atoms with van der Waals surface area (Å²) in [6, 6.07) is 23.0. The van der Waals surface area contributed by atoms with Crippen molar-refractivity contribution in [2.24, 2.45) is 5.10 Å². The molecular formula is C23H20N4O2S2. The molecule has 6 nitrogen and oxygen atoms in total. The predicted molar refractivity (Wildman–Crippen MR) is 124 cm³/mol. The standard InChI is InChI=1S/C23H20N4O2S2/c1-31(28,29)27-21(15-20(24-27)17-9-4-2-5-10-17)19-16-26(18-11-6-3-7-12-18)25-23(19)22-13-8-14-30-22/h2-14,16,21H,15H2,1H3/t21-/m1/s1. The molecule has 0 spiro atoms. The average molecular weight is 449 g/mol. The Bertz CT molecular complexity index is 1330. The highest BCUT2D eigenvalue weighted by Crippen LogP contribution is 2.40. The van der Waals surface area contributed by atoms with E-state index in [2.05, 4.69) is 5.10 Å². The molecule has 0 saturated heterocycles. The number of hydrogen-bond acceptors (Lipinski definition) is 5. The molecule has 2 aromatic heterocycles. The smallest absolute Gasteiger partial charge is 0.240 e. The van der Waals surface area contributed by atoms with E-state index >= 15 is 0 Å². The SMILES string of the molecule is CS(=O)(=O)N1N=C(c2ccccc2)C[C@@H]1c1cn(-c2ccccc2)nc1-c1cccs1. The largest absolute Gasteiger partial charge is 0.247 e. The van der Waals surface area contributed by atoms with Gasteiger partial charge in [-0.05, 0) is 29.1 Å². The van der Waals surface area contributed by atoms with Crippen LogP contribution in [0.4, 0.5) is 0 Å². The van der Waals surface area contributed by atoms with Crippen molar-refractivity contribution in [2.75, 3.05) is 6.26 Å². The lowest BCUT2D eigenvalue weighted by Crippen LogP contribution is -2.26. The van der Waals surface area contributed by atoms with Crippen LogP contribution in [-0.2, 0) is 10.0 Å². The molecule has 4 aromatic rings. The Hall–Kier alpha value is -3.23. The third-order valence-corrected chi connectivity index (χ3v) is 7.09. The third-order valence-electron chi connectivity index (χ3n) is 5.20. The maximum absolute atomic E-state index is 12.7. The molecule has 0 saturated carbocycles. The second-order valence-corrected chi connectivity index (χ2v) is 10.1. The zero-order chi connectivity index (χ0) is 21.4. The lowest BCUT2D eigenvalue weighted by molar-refractivity contribution is 0.375. The van der Waals surface area contributed by atoms with Gasteiger partial charge in [0.25, 0.3) is 0 Å². The zero-order valence-electron chi connectivity index (χ0n) is 16.8. The summed E-state index contributed by atoms with van der Waals surface area (Å²) in [5.41, 5.74) is 4.21. The molecule has 1 aliphatic rings. The number of para-hydroxylation sites is 1. The molecule has 5 rings (SSSR count). The van der Waals surface area contributed by atoms with Gasteiger partial charge in [-0.15, -0.1) is 11.3 Å². The summed E-state index contributed by atoms with van der Waals surface area (Å²) >= 11 is 1.58. The summed E-state index contributed by atoms with van der Waals surface area (Å²) in [4.78, 5) is 0.992. The van der Waals surface area contributed by atoms with Gasteiger partial charge in [-0.3, -0.25) is 0 Å². The van der Waals surface area contributed by atoms with Crippen LogP contribution in [0.15, 0.2) is 89.5 Å². The van der Waals surface area contributed by atoms with Gasteiger partial charge in [0.1, 0.15) is 5.69 Å². The average Bonchev–Trinajstić information content (AvgIpc) is 3.53. The number of sulfonamides is 1. The van der Waals surface area contributed by atoms with Crippen LogP contribution in [0.1, 0.15) is 23.6 Å². The molecule has 0 unspecified atom stereocenters. The molecule has 0 aliphatic carbocycles. The number of hydrogen-bond donors (Lipinski definition) is 0. The van der Waals surface area contributed by atoms with E-state index in [0.717, 1.165) is 33.1 Å². The van der Waals surface area contributed by atoms with Crippen molar-refractivity contribution in [3.63, 3.8) is 0 Å². The summed E-state index contributed by atoms with van der Waals surface area (Å²) in [5, 5.41) is 11.4. The Kier molecular flexibility index (Phi) is 4.95. The lowest BCUT2D eigenvalue weighted by Gasteiger charge is -2.20. The molecular weight excluding hydrogens is 428 g/mol. The van der Waals surface area contributed by atoms with Gasteiger partial charge in [-0.2, -0.15) is 14.6 Å². The quantitative estimate of drug-likeness (QED) is 0.444. The minimum absolute atomic E-state index is 0.459. The van der Waals surface area contributed by atoms with Crippen LogP contribution >= 0.6 is 11.3 Å². The fourth-order valence-corrected chi connectivity index (χ4v) is 5.41. The fraction of sp³-hybridized carbons (Fsp3) is 0.130. The van der Waals surface area contributed by atoms with E-state index in [1.165, 1.54) is 10.7 Å². The summed E-state index contributed by atoms with van der Waals surface area (Å²) in [7, 11) is -3.57. The van der Waals surface area contributed by atoms with Gasteiger partial charge in [0.2, 0.25) is 10.0 Å². The van der Waals surface area contributed by atoms with Crippen LogP contribution in [0.25, 0.3) is 16.3 Å². The summed E-state index contributed by atoms with van der Waals surface area (Å²) in [6.45, 7) is 0. The van der Waals surface area contributed by atoms with Gasteiger partial charge in [0, 0.05) is 18.2 Å². The Morgan fingerprint density at radius 1 is 0.968 bits per heavy atom. The minimum Gasteiger partial charge on any atom is -0.240 e. The van der Waals surface area contributed by atoms with Crippen molar-refractivity contribution in [3.05, 3.63) is 95.5 Å². The summed E-state index contributed by atoms with van der Waals surface area (Å²) < 4.78 is 28.4. The molecule has 0 amide bonds. The van der Waals surface area contributed by atoms with Crippen LogP contribution in [0.5, 0.6) is 0 Å². The van der Waals surface area contributed by atoms with E-state index in [1.807, 2.05) is 89.1 Å². The lowest BCUT2D eigenvalue weighted by atomic mass is 9.99. The topological polar surface area (TPSA) is 67.6 Å². The van der Waals surface area contributed by atoms with Crippen molar-refractivity contribution in [1.29, 1.82) is 0 Å². The first-order chi connectivity index (χ1) is 15.0. The second kappa shape index (κ2) is 7.79. The van der Waals surface area contributed by atoms with E-state index in [-0.39, 0.29) is 0 Å². The molecule has 3 heterocycles. The van der Waals surface area contributed by atoms with Gasteiger partial charge < -0.3 is 0 Å². The number of benzene rings is 2. The summed E-state index contributed by atoms with van der Waals surface area (Å²) in [5.74, 6) is 0. The van der Waals surface area contributed by atoms with Gasteiger partial charge in [0.05, 0.1) is 28.6 Å². The maximum Gasteiger partial charge on any atom is 0.247 e. The molecule has 0 fully saturated rings. The van der Waals surface area contributed by atoms with Gasteiger partial charge in [0.15, 0.2) is 0 Å². The zero-order valence-corrected chi connectivity index (χ0v) is 18.4. The van der Waals surface area contributed by atoms with E-state index < -0.39 is 16.1 Å². The maximum atomic E-state index is 12.7. The number of nitrogens with zero attached hydrogens (tertiary/aromatic N) is 4. The Morgan fingerprint density at radius 3 is 2.32 bits per heavy atom. The van der Waals surface area contributed by atoms with E-state index in [1.54, 1.807) is 11.3 Å². The minimum atomic E-state index is -3.57. The highest BCUT2D eigenvalue weighted by Gasteiger charge is 2.37. The number of thiophene rings is 1. The number of hydrazone groups is 1. The van der Waals surface area contributed by atoms with Crippen molar-refractivity contribution in [3.8, 4) is 16.3 Å². The van der Waals surface area contributed by atoms with Crippen LogP contribution in [0.3, 0.4) is 0 Å².